The van der Waals surface area contributed by atoms with Crippen LogP contribution in [0.1, 0.15) is 24.0 Å². The predicted molar refractivity (Wildman–Crippen MR) is 78.3 cm³/mol. The average molecular weight is 285 g/mol. The Morgan fingerprint density at radius 3 is 2.45 bits per heavy atom. The number of benzene rings is 2. The lowest BCUT2D eigenvalue weighted by Gasteiger charge is -2.31. The number of hydrogen-bond donors (Lipinski definition) is 0. The first kappa shape index (κ1) is 13.1. The summed E-state index contributed by atoms with van der Waals surface area (Å²) < 4.78 is 14.1. The molecule has 2 unspecified atom stereocenters. The molecular formula is C16H15NO2S. The maximum Gasteiger partial charge on any atom is 0.242 e. The van der Waals surface area contributed by atoms with Gasteiger partial charge in [-0.2, -0.15) is 0 Å². The monoisotopic (exact) mass is 285 g/mol. The summed E-state index contributed by atoms with van der Waals surface area (Å²) in [5, 5.41) is 0. The number of nitrogens with zero attached hydrogens (tertiary/aromatic N) is 1. The minimum absolute atomic E-state index is 0.0779. The molecule has 0 aromatic heterocycles. The Morgan fingerprint density at radius 1 is 1.05 bits per heavy atom. The van der Waals surface area contributed by atoms with Gasteiger partial charge in [-0.05, 0) is 24.1 Å². The third kappa shape index (κ3) is 2.16. The molecule has 3 nitrogen and oxygen atoms in total. The largest absolute Gasteiger partial charge is 0.273 e. The van der Waals surface area contributed by atoms with Crippen molar-refractivity contribution in [3.05, 3.63) is 65.7 Å². The van der Waals surface area contributed by atoms with Gasteiger partial charge in [-0.1, -0.05) is 48.5 Å². The smallest absolute Gasteiger partial charge is 0.242 e. The Labute approximate surface area is 120 Å². The van der Waals surface area contributed by atoms with Crippen molar-refractivity contribution < 1.29 is 9.00 Å². The molecule has 3 rings (SSSR count). The Bertz CT molecular complexity index is 669. The first-order valence-corrected chi connectivity index (χ1v) is 7.65. The molecule has 0 radical (unpaired) electrons. The number of carbonyl (C=O) groups is 1. The van der Waals surface area contributed by atoms with Crippen LogP contribution in [0.15, 0.2) is 59.5 Å². The predicted octanol–water partition coefficient (Wildman–Crippen LogP) is 2.86. The molecule has 0 fully saturated rings. The van der Waals surface area contributed by atoms with E-state index in [-0.39, 0.29) is 11.8 Å². The zero-order valence-electron chi connectivity index (χ0n) is 11.2. The van der Waals surface area contributed by atoms with Crippen molar-refractivity contribution >= 4 is 16.9 Å². The SMILES string of the molecule is CC1C(=O)N(Cc2ccccc2)S(=O)c2ccccc21. The van der Waals surface area contributed by atoms with Crippen LogP contribution in [0.2, 0.25) is 0 Å². The van der Waals surface area contributed by atoms with E-state index < -0.39 is 11.0 Å². The standard InChI is InChI=1S/C16H15NO2S/c1-12-14-9-5-6-10-15(14)20(19)17(16(12)18)11-13-7-3-2-4-8-13/h2-10,12H,11H2,1H3. The maximum atomic E-state index is 12.6. The fourth-order valence-electron chi connectivity index (χ4n) is 2.43. The number of rotatable bonds is 2. The van der Waals surface area contributed by atoms with Crippen molar-refractivity contribution in [2.75, 3.05) is 0 Å². The van der Waals surface area contributed by atoms with Crippen LogP contribution in [0.5, 0.6) is 0 Å². The van der Waals surface area contributed by atoms with E-state index in [9.17, 15) is 9.00 Å². The van der Waals surface area contributed by atoms with Crippen LogP contribution in [-0.4, -0.2) is 14.4 Å². The van der Waals surface area contributed by atoms with Crippen LogP contribution < -0.4 is 0 Å². The van der Waals surface area contributed by atoms with E-state index in [2.05, 4.69) is 0 Å². The fourth-order valence-corrected chi connectivity index (χ4v) is 3.90. The van der Waals surface area contributed by atoms with Crippen molar-refractivity contribution in [2.45, 2.75) is 24.3 Å². The second-order valence-electron chi connectivity index (χ2n) is 4.87. The average Bonchev–Trinajstić information content (AvgIpc) is 2.50. The highest BCUT2D eigenvalue weighted by atomic mass is 32.2. The molecule has 2 atom stereocenters. The van der Waals surface area contributed by atoms with Crippen LogP contribution in [0.25, 0.3) is 0 Å². The van der Waals surface area contributed by atoms with Gasteiger partial charge in [-0.15, -0.1) is 0 Å². The lowest BCUT2D eigenvalue weighted by Crippen LogP contribution is -2.39. The van der Waals surface area contributed by atoms with Crippen LogP contribution in [0.3, 0.4) is 0 Å². The Kier molecular flexibility index (Phi) is 3.40. The van der Waals surface area contributed by atoms with Crippen LogP contribution >= 0.6 is 0 Å². The number of fused-ring (bicyclic) bond motifs is 1. The molecule has 0 bridgehead atoms. The third-order valence-corrected chi connectivity index (χ3v) is 5.02. The molecule has 0 N–H and O–H groups in total. The van der Waals surface area contributed by atoms with Crippen molar-refractivity contribution in [3.8, 4) is 0 Å². The molecule has 102 valence electrons. The van der Waals surface area contributed by atoms with E-state index in [0.717, 1.165) is 16.0 Å². The zero-order valence-corrected chi connectivity index (χ0v) is 12.0. The molecule has 20 heavy (non-hydrogen) atoms. The van der Waals surface area contributed by atoms with Crippen LogP contribution in [-0.2, 0) is 22.3 Å². The Hall–Kier alpha value is -1.94. The number of carbonyl (C=O) groups excluding carboxylic acids is 1. The van der Waals surface area contributed by atoms with Gasteiger partial charge < -0.3 is 0 Å². The summed E-state index contributed by atoms with van der Waals surface area (Å²) >= 11 is 0. The minimum atomic E-state index is -1.42. The van der Waals surface area contributed by atoms with Gasteiger partial charge in [0.15, 0.2) is 11.0 Å². The molecule has 0 saturated carbocycles. The van der Waals surface area contributed by atoms with Crippen molar-refractivity contribution in [3.63, 3.8) is 0 Å². The molecule has 0 aliphatic carbocycles. The molecule has 1 aliphatic heterocycles. The third-order valence-electron chi connectivity index (χ3n) is 3.56. The van der Waals surface area contributed by atoms with Gasteiger partial charge in [0.1, 0.15) is 0 Å². The Morgan fingerprint density at radius 2 is 1.70 bits per heavy atom. The lowest BCUT2D eigenvalue weighted by atomic mass is 10.00. The van der Waals surface area contributed by atoms with Crippen LogP contribution in [0, 0.1) is 0 Å². The number of hydrogen-bond acceptors (Lipinski definition) is 2. The summed E-state index contributed by atoms with van der Waals surface area (Å²) in [6.45, 7) is 2.25. The van der Waals surface area contributed by atoms with E-state index in [1.807, 2.05) is 61.5 Å². The summed E-state index contributed by atoms with van der Waals surface area (Å²) in [4.78, 5) is 13.2. The van der Waals surface area contributed by atoms with E-state index in [1.165, 1.54) is 4.31 Å². The highest BCUT2D eigenvalue weighted by Gasteiger charge is 2.35. The normalized spacial score (nSPS) is 21.6. The van der Waals surface area contributed by atoms with E-state index >= 15 is 0 Å². The molecule has 1 aliphatic rings. The summed E-state index contributed by atoms with van der Waals surface area (Å²) in [5.74, 6) is -0.321. The van der Waals surface area contributed by atoms with Crippen molar-refractivity contribution in [1.29, 1.82) is 0 Å². The van der Waals surface area contributed by atoms with E-state index in [4.69, 9.17) is 0 Å². The molecule has 4 heteroatoms. The second-order valence-corrected chi connectivity index (χ2v) is 6.25. The van der Waals surface area contributed by atoms with E-state index in [0.29, 0.717) is 6.54 Å². The lowest BCUT2D eigenvalue weighted by molar-refractivity contribution is -0.128. The minimum Gasteiger partial charge on any atom is -0.273 e. The molecule has 2 aromatic rings. The Balaban J connectivity index is 1.97. The van der Waals surface area contributed by atoms with Gasteiger partial charge >= 0.3 is 0 Å². The van der Waals surface area contributed by atoms with Gasteiger partial charge in [-0.25, -0.2) is 4.21 Å². The van der Waals surface area contributed by atoms with Gasteiger partial charge in [0.05, 0.1) is 17.4 Å². The first-order chi connectivity index (χ1) is 9.68. The van der Waals surface area contributed by atoms with E-state index in [1.54, 1.807) is 0 Å². The summed E-state index contributed by atoms with van der Waals surface area (Å²) in [7, 11) is -1.42. The van der Waals surface area contributed by atoms with Crippen molar-refractivity contribution in [1.82, 2.24) is 4.31 Å². The topological polar surface area (TPSA) is 37.4 Å². The summed E-state index contributed by atoms with van der Waals surface area (Å²) in [6, 6.07) is 17.1. The molecule has 2 aromatic carbocycles. The number of amides is 1. The van der Waals surface area contributed by atoms with Gasteiger partial charge in [0, 0.05) is 0 Å². The molecule has 0 spiro atoms. The molecule has 1 heterocycles. The quantitative estimate of drug-likeness (QED) is 0.851. The van der Waals surface area contributed by atoms with Gasteiger partial charge in [0.2, 0.25) is 5.91 Å². The molecule has 1 amide bonds. The summed E-state index contributed by atoms with van der Waals surface area (Å²) in [5.41, 5.74) is 1.86. The second kappa shape index (κ2) is 5.21. The molecular weight excluding hydrogens is 270 g/mol. The summed E-state index contributed by atoms with van der Waals surface area (Å²) in [6.07, 6.45) is 0. The zero-order chi connectivity index (χ0) is 14.1. The maximum absolute atomic E-state index is 12.6. The highest BCUT2D eigenvalue weighted by Crippen LogP contribution is 2.32. The first-order valence-electron chi connectivity index (χ1n) is 6.54. The van der Waals surface area contributed by atoms with Crippen LogP contribution in [0.4, 0.5) is 0 Å². The van der Waals surface area contributed by atoms with Gasteiger partial charge in [0.25, 0.3) is 0 Å². The fraction of sp³-hybridized carbons (Fsp3) is 0.188. The van der Waals surface area contributed by atoms with Gasteiger partial charge in [-0.3, -0.25) is 9.10 Å². The highest BCUT2D eigenvalue weighted by molar-refractivity contribution is 7.83. The van der Waals surface area contributed by atoms with Crippen molar-refractivity contribution in [2.24, 2.45) is 0 Å². The molecule has 0 saturated heterocycles.